The van der Waals surface area contributed by atoms with E-state index in [-0.39, 0.29) is 10.5 Å². The van der Waals surface area contributed by atoms with Crippen molar-refractivity contribution < 1.29 is 13.2 Å². The van der Waals surface area contributed by atoms with Crippen molar-refractivity contribution in [3.05, 3.63) is 29.8 Å². The first-order valence-electron chi connectivity index (χ1n) is 4.74. The monoisotopic (exact) mass is 252 g/mol. The van der Waals surface area contributed by atoms with Gasteiger partial charge in [0.25, 0.3) is 5.91 Å². The van der Waals surface area contributed by atoms with E-state index in [1.54, 1.807) is 6.92 Å². The van der Waals surface area contributed by atoms with Gasteiger partial charge < -0.3 is 5.32 Å². The summed E-state index contributed by atoms with van der Waals surface area (Å²) in [6, 6.07) is 5.01. The first-order chi connectivity index (χ1) is 7.84. The van der Waals surface area contributed by atoms with E-state index < -0.39 is 22.0 Å². The molecule has 17 heavy (non-hydrogen) atoms. The number of amides is 1. The summed E-state index contributed by atoms with van der Waals surface area (Å²) in [6.07, 6.45) is 5.12. The molecule has 1 amide bonds. The lowest BCUT2D eigenvalue weighted by molar-refractivity contribution is 0.0948. The Balaban J connectivity index is 3.02. The van der Waals surface area contributed by atoms with Crippen molar-refractivity contribution >= 4 is 15.9 Å². The van der Waals surface area contributed by atoms with Gasteiger partial charge in [0, 0.05) is 5.56 Å². The van der Waals surface area contributed by atoms with Gasteiger partial charge in [0.05, 0.1) is 10.9 Å². The maximum Gasteiger partial charge on any atom is 0.252 e. The van der Waals surface area contributed by atoms with Crippen LogP contribution in [-0.4, -0.2) is 20.4 Å². The van der Waals surface area contributed by atoms with E-state index in [4.69, 9.17) is 11.6 Å². The highest BCUT2D eigenvalue weighted by atomic mass is 32.2. The van der Waals surface area contributed by atoms with Gasteiger partial charge in [-0.25, -0.2) is 13.6 Å². The summed E-state index contributed by atoms with van der Waals surface area (Å²) < 4.78 is 22.2. The standard InChI is InChI=1S/C11H12N2O3S/c1-3-8(2)13-11(14)9-5-4-6-10(7-9)17(12,15)16/h1,4-8H,2H3,(H,13,14)(H2,12,15,16). The Morgan fingerprint density at radius 1 is 1.53 bits per heavy atom. The summed E-state index contributed by atoms with van der Waals surface area (Å²) in [5.74, 6) is 1.89. The van der Waals surface area contributed by atoms with Crippen molar-refractivity contribution in [1.29, 1.82) is 0 Å². The summed E-state index contributed by atoms with van der Waals surface area (Å²) in [6.45, 7) is 1.64. The summed E-state index contributed by atoms with van der Waals surface area (Å²) in [7, 11) is -3.81. The first-order valence-corrected chi connectivity index (χ1v) is 6.29. The fourth-order valence-corrected chi connectivity index (χ4v) is 1.70. The van der Waals surface area contributed by atoms with Crippen LogP contribution in [0.5, 0.6) is 0 Å². The fourth-order valence-electron chi connectivity index (χ4n) is 1.14. The number of nitrogens with one attached hydrogen (secondary N) is 1. The number of rotatable bonds is 3. The molecule has 0 aliphatic carbocycles. The van der Waals surface area contributed by atoms with E-state index in [1.165, 1.54) is 24.3 Å². The van der Waals surface area contributed by atoms with E-state index >= 15 is 0 Å². The van der Waals surface area contributed by atoms with Gasteiger partial charge in [0.1, 0.15) is 0 Å². The molecule has 0 heterocycles. The third-order valence-electron chi connectivity index (χ3n) is 2.02. The lowest BCUT2D eigenvalue weighted by atomic mass is 10.2. The van der Waals surface area contributed by atoms with Gasteiger partial charge in [-0.05, 0) is 25.1 Å². The van der Waals surface area contributed by atoms with Gasteiger partial charge >= 0.3 is 0 Å². The second kappa shape index (κ2) is 4.99. The average Bonchev–Trinajstić information content (AvgIpc) is 2.28. The molecule has 0 bridgehead atoms. The molecular weight excluding hydrogens is 240 g/mol. The van der Waals surface area contributed by atoms with Gasteiger partial charge in [0.15, 0.2) is 0 Å². The topological polar surface area (TPSA) is 89.3 Å². The van der Waals surface area contributed by atoms with Crippen LogP contribution < -0.4 is 10.5 Å². The number of benzene rings is 1. The normalized spacial score (nSPS) is 12.5. The zero-order valence-corrected chi connectivity index (χ0v) is 9.99. The van der Waals surface area contributed by atoms with Crippen molar-refractivity contribution in [2.24, 2.45) is 5.14 Å². The molecule has 1 aromatic carbocycles. The molecule has 6 heteroatoms. The first kappa shape index (κ1) is 13.2. The minimum absolute atomic E-state index is 0.112. The van der Waals surface area contributed by atoms with Crippen molar-refractivity contribution in [2.75, 3.05) is 0 Å². The minimum Gasteiger partial charge on any atom is -0.339 e. The number of hydrogen-bond donors (Lipinski definition) is 2. The molecule has 3 N–H and O–H groups in total. The van der Waals surface area contributed by atoms with Crippen LogP contribution in [0.15, 0.2) is 29.2 Å². The second-order valence-corrected chi connectivity index (χ2v) is 5.00. The third kappa shape index (κ3) is 3.59. The minimum atomic E-state index is -3.81. The van der Waals surface area contributed by atoms with Crippen molar-refractivity contribution in [2.45, 2.75) is 17.9 Å². The summed E-state index contributed by atoms with van der Waals surface area (Å²) in [5, 5.41) is 7.48. The number of hydrogen-bond acceptors (Lipinski definition) is 3. The average molecular weight is 252 g/mol. The van der Waals surface area contributed by atoms with Crippen LogP contribution in [0.2, 0.25) is 0 Å². The molecule has 0 fully saturated rings. The molecule has 90 valence electrons. The quantitative estimate of drug-likeness (QED) is 0.747. The van der Waals surface area contributed by atoms with Crippen molar-refractivity contribution in [3.63, 3.8) is 0 Å². The third-order valence-corrected chi connectivity index (χ3v) is 2.93. The van der Waals surface area contributed by atoms with Crippen LogP contribution in [0, 0.1) is 12.3 Å². The van der Waals surface area contributed by atoms with E-state index in [1.807, 2.05) is 0 Å². The summed E-state index contributed by atoms with van der Waals surface area (Å²) in [4.78, 5) is 11.5. The number of sulfonamides is 1. The van der Waals surface area contributed by atoms with E-state index in [0.717, 1.165) is 0 Å². The predicted molar refractivity (Wildman–Crippen MR) is 63.6 cm³/mol. The molecule has 0 spiro atoms. The maximum atomic E-state index is 11.7. The Bertz CT molecular complexity index is 573. The van der Waals surface area contributed by atoms with Crippen LogP contribution in [0.25, 0.3) is 0 Å². The van der Waals surface area contributed by atoms with Gasteiger partial charge in [-0.2, -0.15) is 0 Å². The van der Waals surface area contributed by atoms with Gasteiger partial charge in [-0.15, -0.1) is 6.42 Å². The van der Waals surface area contributed by atoms with Crippen molar-refractivity contribution in [1.82, 2.24) is 5.32 Å². The molecule has 0 aliphatic rings. The molecular formula is C11H12N2O3S. The van der Waals surface area contributed by atoms with E-state index in [2.05, 4.69) is 11.2 Å². The Hall–Kier alpha value is -1.84. The smallest absolute Gasteiger partial charge is 0.252 e. The van der Waals surface area contributed by atoms with Gasteiger partial charge in [0.2, 0.25) is 10.0 Å². The number of terminal acetylenes is 1. The molecule has 1 unspecified atom stereocenters. The van der Waals surface area contributed by atoms with E-state index in [9.17, 15) is 13.2 Å². The number of carbonyl (C=O) groups is 1. The van der Waals surface area contributed by atoms with Gasteiger partial charge in [-0.3, -0.25) is 4.79 Å². The number of primary sulfonamides is 1. The largest absolute Gasteiger partial charge is 0.339 e. The zero-order chi connectivity index (χ0) is 13.1. The van der Waals surface area contributed by atoms with Crippen LogP contribution in [0.1, 0.15) is 17.3 Å². The van der Waals surface area contributed by atoms with Crippen LogP contribution in [0.3, 0.4) is 0 Å². The number of nitrogens with two attached hydrogens (primary N) is 1. The Kier molecular flexibility index (Phi) is 3.89. The molecule has 0 aromatic heterocycles. The Labute approximate surface area is 100 Å². The molecule has 0 aliphatic heterocycles. The summed E-state index contributed by atoms with van der Waals surface area (Å²) in [5.41, 5.74) is 0.193. The molecule has 0 saturated heterocycles. The molecule has 0 saturated carbocycles. The SMILES string of the molecule is C#CC(C)NC(=O)c1cccc(S(N)(=O)=O)c1. The van der Waals surface area contributed by atoms with Crippen molar-refractivity contribution in [3.8, 4) is 12.3 Å². The van der Waals surface area contributed by atoms with Crippen LogP contribution in [-0.2, 0) is 10.0 Å². The zero-order valence-electron chi connectivity index (χ0n) is 9.17. The predicted octanol–water partition coefficient (Wildman–Crippen LogP) is 0.0855. The van der Waals surface area contributed by atoms with Crippen LogP contribution >= 0.6 is 0 Å². The highest BCUT2D eigenvalue weighted by molar-refractivity contribution is 7.89. The van der Waals surface area contributed by atoms with Gasteiger partial charge in [-0.1, -0.05) is 12.0 Å². The lowest BCUT2D eigenvalue weighted by Gasteiger charge is -2.08. The second-order valence-electron chi connectivity index (χ2n) is 3.43. The summed E-state index contributed by atoms with van der Waals surface area (Å²) >= 11 is 0. The molecule has 0 radical (unpaired) electrons. The van der Waals surface area contributed by atoms with Crippen LogP contribution in [0.4, 0.5) is 0 Å². The molecule has 1 aromatic rings. The Morgan fingerprint density at radius 2 is 2.18 bits per heavy atom. The molecule has 1 atom stereocenters. The maximum absolute atomic E-state index is 11.7. The molecule has 1 rings (SSSR count). The molecule has 5 nitrogen and oxygen atoms in total. The fraction of sp³-hybridized carbons (Fsp3) is 0.182. The Morgan fingerprint density at radius 3 is 2.71 bits per heavy atom. The number of carbonyl (C=O) groups excluding carboxylic acids is 1. The highest BCUT2D eigenvalue weighted by Crippen LogP contribution is 2.09. The van der Waals surface area contributed by atoms with E-state index in [0.29, 0.717) is 0 Å². The highest BCUT2D eigenvalue weighted by Gasteiger charge is 2.12. The lowest BCUT2D eigenvalue weighted by Crippen LogP contribution is -2.31.